The van der Waals surface area contributed by atoms with Crippen molar-refractivity contribution in [2.24, 2.45) is 5.10 Å². The minimum absolute atomic E-state index is 0.274. The van der Waals surface area contributed by atoms with Crippen LogP contribution >= 0.6 is 0 Å². The average molecular weight is 410 g/mol. The molecule has 8 heteroatoms. The number of nitrogens with zero attached hydrogens (tertiary/aromatic N) is 2. The third kappa shape index (κ3) is 4.12. The van der Waals surface area contributed by atoms with Gasteiger partial charge in [0.1, 0.15) is 5.54 Å². The van der Waals surface area contributed by atoms with Crippen molar-refractivity contribution in [2.75, 3.05) is 6.61 Å². The number of hydrazone groups is 1. The van der Waals surface area contributed by atoms with Gasteiger partial charge in [-0.05, 0) is 51.7 Å². The van der Waals surface area contributed by atoms with Crippen molar-refractivity contribution in [3.63, 3.8) is 0 Å². The van der Waals surface area contributed by atoms with Gasteiger partial charge in [-0.1, -0.05) is 30.3 Å². The predicted molar refractivity (Wildman–Crippen MR) is 112 cm³/mol. The summed E-state index contributed by atoms with van der Waals surface area (Å²) >= 11 is 0. The summed E-state index contributed by atoms with van der Waals surface area (Å²) in [6.45, 7) is 7.23. The number of urea groups is 1. The second kappa shape index (κ2) is 8.52. The zero-order valence-corrected chi connectivity index (χ0v) is 17.6. The number of aromatic nitrogens is 1. The van der Waals surface area contributed by atoms with Crippen molar-refractivity contribution in [2.45, 2.75) is 46.1 Å². The molecular weight excluding hydrogens is 384 g/mol. The topological polar surface area (TPSA) is 104 Å². The van der Waals surface area contributed by atoms with Crippen LogP contribution in [0.15, 0.2) is 35.4 Å². The number of hydrogen-bond acceptors (Lipinski definition) is 5. The molecule has 1 atom stereocenters. The zero-order chi connectivity index (χ0) is 21.9. The van der Waals surface area contributed by atoms with E-state index in [1.165, 1.54) is 6.21 Å². The second-order valence-electron chi connectivity index (χ2n) is 7.49. The van der Waals surface area contributed by atoms with Crippen molar-refractivity contribution in [1.82, 2.24) is 15.3 Å². The standard InChI is InChI=1S/C22H26N4O4/c1-5-30-19(27)18-14(2)17(24-15(18)3)13-23-26-20(28)22(4,25-21(26)29)12-11-16-9-7-6-8-10-16/h6-10,13,24H,5,11-12H2,1-4H3,(H,25,29)/b23-13+/t22-/m1/s1. The van der Waals surface area contributed by atoms with Crippen LogP contribution in [-0.2, 0) is 16.0 Å². The molecule has 3 rings (SSSR count). The van der Waals surface area contributed by atoms with Gasteiger partial charge in [0.2, 0.25) is 0 Å². The first kappa shape index (κ1) is 21.3. The summed E-state index contributed by atoms with van der Waals surface area (Å²) in [4.78, 5) is 40.4. The molecule has 30 heavy (non-hydrogen) atoms. The third-order valence-corrected chi connectivity index (χ3v) is 5.25. The van der Waals surface area contributed by atoms with Crippen LogP contribution in [0.2, 0.25) is 0 Å². The lowest BCUT2D eigenvalue weighted by Crippen LogP contribution is -2.44. The van der Waals surface area contributed by atoms with Crippen LogP contribution < -0.4 is 5.32 Å². The van der Waals surface area contributed by atoms with Gasteiger partial charge in [-0.15, -0.1) is 5.01 Å². The van der Waals surface area contributed by atoms with Gasteiger partial charge in [0.05, 0.1) is 24.1 Å². The van der Waals surface area contributed by atoms with Gasteiger partial charge in [-0.3, -0.25) is 4.79 Å². The highest BCUT2D eigenvalue weighted by Gasteiger charge is 2.47. The van der Waals surface area contributed by atoms with Crippen molar-refractivity contribution in [3.8, 4) is 0 Å². The Bertz CT molecular complexity index is 996. The molecule has 1 aromatic heterocycles. The number of imide groups is 1. The summed E-state index contributed by atoms with van der Waals surface area (Å²) in [5.41, 5.74) is 2.32. The van der Waals surface area contributed by atoms with E-state index >= 15 is 0 Å². The molecule has 1 aliphatic heterocycles. The van der Waals surface area contributed by atoms with Gasteiger partial charge < -0.3 is 15.0 Å². The van der Waals surface area contributed by atoms with Crippen LogP contribution in [-0.4, -0.2) is 46.3 Å². The number of aromatic amines is 1. The number of esters is 1. The number of nitrogens with one attached hydrogen (secondary N) is 2. The van der Waals surface area contributed by atoms with Gasteiger partial charge in [0.25, 0.3) is 5.91 Å². The Morgan fingerprint density at radius 3 is 2.60 bits per heavy atom. The number of benzene rings is 1. The number of aryl methyl sites for hydroxylation is 2. The normalized spacial score (nSPS) is 18.9. The first-order valence-electron chi connectivity index (χ1n) is 9.87. The zero-order valence-electron chi connectivity index (χ0n) is 17.6. The first-order chi connectivity index (χ1) is 14.3. The molecule has 3 amide bonds. The molecule has 1 saturated heterocycles. The Morgan fingerprint density at radius 2 is 1.93 bits per heavy atom. The number of carbonyl (C=O) groups is 3. The maximum Gasteiger partial charge on any atom is 0.346 e. The highest BCUT2D eigenvalue weighted by Crippen LogP contribution is 2.24. The van der Waals surface area contributed by atoms with E-state index in [0.29, 0.717) is 35.4 Å². The van der Waals surface area contributed by atoms with E-state index < -0.39 is 23.4 Å². The Balaban J connectivity index is 1.75. The highest BCUT2D eigenvalue weighted by atomic mass is 16.5. The van der Waals surface area contributed by atoms with E-state index in [1.807, 2.05) is 30.3 Å². The minimum Gasteiger partial charge on any atom is -0.462 e. The van der Waals surface area contributed by atoms with Gasteiger partial charge in [0.15, 0.2) is 0 Å². The Labute approximate surface area is 175 Å². The Morgan fingerprint density at radius 1 is 1.23 bits per heavy atom. The maximum atomic E-state index is 12.9. The first-order valence-corrected chi connectivity index (χ1v) is 9.87. The molecule has 2 aromatic rings. The third-order valence-electron chi connectivity index (χ3n) is 5.25. The smallest absolute Gasteiger partial charge is 0.346 e. The summed E-state index contributed by atoms with van der Waals surface area (Å²) in [6.07, 6.45) is 2.49. The Kier molecular flexibility index (Phi) is 6.05. The number of ether oxygens (including phenoxy) is 1. The molecule has 1 aromatic carbocycles. The number of carbonyl (C=O) groups excluding carboxylic acids is 3. The largest absolute Gasteiger partial charge is 0.462 e. The monoisotopic (exact) mass is 410 g/mol. The summed E-state index contributed by atoms with van der Waals surface area (Å²) in [5.74, 6) is -0.835. The molecule has 0 radical (unpaired) electrons. The predicted octanol–water partition coefficient (Wildman–Crippen LogP) is 3.09. The minimum atomic E-state index is -1.03. The van der Waals surface area contributed by atoms with Crippen LogP contribution in [0.25, 0.3) is 0 Å². The van der Waals surface area contributed by atoms with Crippen LogP contribution in [0.5, 0.6) is 0 Å². The molecule has 0 spiro atoms. The molecule has 1 aliphatic rings. The fourth-order valence-corrected chi connectivity index (χ4v) is 3.51. The number of H-pyrrole nitrogens is 1. The van der Waals surface area contributed by atoms with Crippen LogP contribution in [0.4, 0.5) is 4.79 Å². The SMILES string of the molecule is CCOC(=O)c1c(C)[nH]c(/C=N/N2C(=O)N[C@](C)(CCc3ccccc3)C2=O)c1C. The van der Waals surface area contributed by atoms with E-state index in [9.17, 15) is 14.4 Å². The molecule has 8 nitrogen and oxygen atoms in total. The molecule has 0 bridgehead atoms. The van der Waals surface area contributed by atoms with Crippen LogP contribution in [0, 0.1) is 13.8 Å². The molecular formula is C22H26N4O4. The van der Waals surface area contributed by atoms with Crippen molar-refractivity contribution >= 4 is 24.1 Å². The van der Waals surface area contributed by atoms with E-state index in [1.54, 1.807) is 27.7 Å². The fourth-order valence-electron chi connectivity index (χ4n) is 3.51. The summed E-state index contributed by atoms with van der Waals surface area (Å²) in [6, 6.07) is 9.21. The molecule has 0 saturated carbocycles. The van der Waals surface area contributed by atoms with Gasteiger partial charge in [-0.25, -0.2) is 9.59 Å². The van der Waals surface area contributed by atoms with E-state index in [4.69, 9.17) is 4.74 Å². The Hall–Kier alpha value is -3.42. The molecule has 2 heterocycles. The van der Waals surface area contributed by atoms with E-state index in [2.05, 4.69) is 15.4 Å². The van der Waals surface area contributed by atoms with Crippen LogP contribution in [0.1, 0.15) is 53.1 Å². The maximum absolute atomic E-state index is 12.9. The van der Waals surface area contributed by atoms with Crippen LogP contribution in [0.3, 0.4) is 0 Å². The van der Waals surface area contributed by atoms with Crippen molar-refractivity contribution in [1.29, 1.82) is 0 Å². The lowest BCUT2D eigenvalue weighted by atomic mass is 9.93. The summed E-state index contributed by atoms with van der Waals surface area (Å²) < 4.78 is 5.07. The fraction of sp³-hybridized carbons (Fsp3) is 0.364. The average Bonchev–Trinajstić information content (AvgIpc) is 3.11. The molecule has 1 fully saturated rings. The molecule has 0 aliphatic carbocycles. The van der Waals surface area contributed by atoms with Gasteiger partial charge in [-0.2, -0.15) is 5.10 Å². The van der Waals surface area contributed by atoms with Gasteiger partial charge >= 0.3 is 12.0 Å². The lowest BCUT2D eigenvalue weighted by molar-refractivity contribution is -0.130. The molecule has 158 valence electrons. The van der Waals surface area contributed by atoms with Crippen molar-refractivity contribution < 1.29 is 19.1 Å². The number of amides is 3. The summed E-state index contributed by atoms with van der Waals surface area (Å²) in [7, 11) is 0. The number of hydrogen-bond donors (Lipinski definition) is 2. The summed E-state index contributed by atoms with van der Waals surface area (Å²) in [5, 5.41) is 7.67. The highest BCUT2D eigenvalue weighted by molar-refractivity contribution is 6.07. The van der Waals surface area contributed by atoms with Crippen molar-refractivity contribution in [3.05, 3.63) is 58.4 Å². The molecule has 2 N–H and O–H groups in total. The second-order valence-corrected chi connectivity index (χ2v) is 7.49. The van der Waals surface area contributed by atoms with E-state index in [-0.39, 0.29) is 6.61 Å². The quantitative estimate of drug-likeness (QED) is 0.416. The lowest BCUT2D eigenvalue weighted by Gasteiger charge is -2.20. The van der Waals surface area contributed by atoms with Gasteiger partial charge in [0, 0.05) is 5.69 Å². The molecule has 0 unspecified atom stereocenters. The van der Waals surface area contributed by atoms with E-state index in [0.717, 1.165) is 10.6 Å². The number of rotatable bonds is 7.